The van der Waals surface area contributed by atoms with Crippen LogP contribution in [0.1, 0.15) is 5.56 Å². The first kappa shape index (κ1) is 18.8. The van der Waals surface area contributed by atoms with Crippen LogP contribution in [0.3, 0.4) is 0 Å². The van der Waals surface area contributed by atoms with Crippen LogP contribution in [0.2, 0.25) is 5.02 Å². The lowest BCUT2D eigenvalue weighted by molar-refractivity contribution is 0.247. The number of benzene rings is 2. The minimum atomic E-state index is -0.346. The summed E-state index contributed by atoms with van der Waals surface area (Å²) in [6.07, 6.45) is 1.75. The van der Waals surface area contributed by atoms with Crippen LogP contribution >= 0.6 is 11.6 Å². The highest BCUT2D eigenvalue weighted by atomic mass is 35.5. The number of carbonyl (C=O) groups excluding carboxylic acids is 1. The van der Waals surface area contributed by atoms with Crippen LogP contribution in [-0.2, 0) is 0 Å². The molecule has 0 fully saturated rings. The fourth-order valence-electron chi connectivity index (χ4n) is 2.57. The van der Waals surface area contributed by atoms with Gasteiger partial charge in [0.15, 0.2) is 0 Å². The zero-order valence-electron chi connectivity index (χ0n) is 15.1. The average Bonchev–Trinajstić information content (AvgIpc) is 2.67. The van der Waals surface area contributed by atoms with Crippen molar-refractivity contribution >= 4 is 34.2 Å². The number of ether oxygens (including phenoxy) is 2. The van der Waals surface area contributed by atoms with Crippen molar-refractivity contribution in [3.05, 3.63) is 59.2 Å². The number of anilines is 1. The Morgan fingerprint density at radius 2 is 2.07 bits per heavy atom. The molecule has 2 amide bonds. The first-order valence-electron chi connectivity index (χ1n) is 8.43. The topological polar surface area (TPSA) is 72.5 Å². The van der Waals surface area contributed by atoms with E-state index in [9.17, 15) is 4.79 Å². The molecule has 0 atom stereocenters. The van der Waals surface area contributed by atoms with Gasteiger partial charge in [0.05, 0.1) is 24.9 Å². The zero-order chi connectivity index (χ0) is 19.2. The van der Waals surface area contributed by atoms with E-state index in [-0.39, 0.29) is 6.03 Å². The molecule has 0 bridgehead atoms. The maximum absolute atomic E-state index is 12.1. The fraction of sp³-hybridized carbons (Fsp3) is 0.200. The van der Waals surface area contributed by atoms with Gasteiger partial charge in [-0.3, -0.25) is 4.98 Å². The molecule has 6 nitrogen and oxygen atoms in total. The largest absolute Gasteiger partial charge is 0.495 e. The SMILES string of the molecule is COc1cc(Cl)c(C)cc1NC(=O)NCCOc1ccc2ncccc2c1. The second-order valence-corrected chi connectivity index (χ2v) is 6.30. The number of nitrogens with one attached hydrogen (secondary N) is 2. The Morgan fingerprint density at radius 3 is 2.89 bits per heavy atom. The quantitative estimate of drug-likeness (QED) is 0.616. The number of hydrogen-bond donors (Lipinski definition) is 2. The fourth-order valence-corrected chi connectivity index (χ4v) is 2.73. The predicted molar refractivity (Wildman–Crippen MR) is 107 cm³/mol. The summed E-state index contributed by atoms with van der Waals surface area (Å²) in [6.45, 7) is 2.56. The van der Waals surface area contributed by atoms with Gasteiger partial charge >= 0.3 is 6.03 Å². The van der Waals surface area contributed by atoms with Gasteiger partial charge in [0.1, 0.15) is 18.1 Å². The van der Waals surface area contributed by atoms with Crippen molar-refractivity contribution in [3.63, 3.8) is 0 Å². The van der Waals surface area contributed by atoms with Crippen LogP contribution < -0.4 is 20.1 Å². The standard InChI is InChI=1S/C20H20ClN3O3/c1-13-10-18(19(26-2)12-16(13)21)24-20(25)23-8-9-27-15-5-6-17-14(11-15)4-3-7-22-17/h3-7,10-12H,8-9H2,1-2H3,(H2,23,24,25). The molecule has 0 spiro atoms. The summed E-state index contributed by atoms with van der Waals surface area (Å²) in [7, 11) is 1.52. The van der Waals surface area contributed by atoms with Crippen molar-refractivity contribution in [1.29, 1.82) is 0 Å². The molecule has 0 unspecified atom stereocenters. The molecule has 0 saturated carbocycles. The highest BCUT2D eigenvalue weighted by molar-refractivity contribution is 6.31. The molecular formula is C20H20ClN3O3. The molecule has 0 aliphatic heterocycles. The summed E-state index contributed by atoms with van der Waals surface area (Å²) in [5, 5.41) is 7.09. The van der Waals surface area contributed by atoms with E-state index in [0.717, 1.165) is 22.2 Å². The Bertz CT molecular complexity index is 962. The van der Waals surface area contributed by atoms with Gasteiger partial charge in [-0.05, 0) is 42.8 Å². The number of urea groups is 1. The lowest BCUT2D eigenvalue weighted by Gasteiger charge is -2.13. The maximum Gasteiger partial charge on any atom is 0.319 e. The maximum atomic E-state index is 12.1. The zero-order valence-corrected chi connectivity index (χ0v) is 15.8. The minimum absolute atomic E-state index is 0.343. The van der Waals surface area contributed by atoms with Crippen LogP contribution in [-0.4, -0.2) is 31.3 Å². The van der Waals surface area contributed by atoms with Crippen molar-refractivity contribution < 1.29 is 14.3 Å². The van der Waals surface area contributed by atoms with E-state index in [1.807, 2.05) is 37.3 Å². The summed E-state index contributed by atoms with van der Waals surface area (Å²) in [6, 6.07) is 12.6. The van der Waals surface area contributed by atoms with E-state index in [4.69, 9.17) is 21.1 Å². The van der Waals surface area contributed by atoms with Crippen LogP contribution in [0.15, 0.2) is 48.7 Å². The van der Waals surface area contributed by atoms with E-state index >= 15 is 0 Å². The summed E-state index contributed by atoms with van der Waals surface area (Å²) in [4.78, 5) is 16.4. The second kappa shape index (κ2) is 8.60. The number of pyridine rings is 1. The molecule has 140 valence electrons. The Morgan fingerprint density at radius 1 is 1.22 bits per heavy atom. The average molecular weight is 386 g/mol. The van der Waals surface area contributed by atoms with Crippen molar-refractivity contribution in [2.24, 2.45) is 0 Å². The van der Waals surface area contributed by atoms with E-state index < -0.39 is 0 Å². The highest BCUT2D eigenvalue weighted by Gasteiger charge is 2.10. The van der Waals surface area contributed by atoms with E-state index in [2.05, 4.69) is 15.6 Å². The Labute approximate surface area is 162 Å². The van der Waals surface area contributed by atoms with E-state index in [1.165, 1.54) is 7.11 Å². The molecule has 2 N–H and O–H groups in total. The molecule has 27 heavy (non-hydrogen) atoms. The number of hydrogen-bond acceptors (Lipinski definition) is 4. The van der Waals surface area contributed by atoms with Gasteiger partial charge in [-0.2, -0.15) is 0 Å². The van der Waals surface area contributed by atoms with E-state index in [1.54, 1.807) is 18.3 Å². The molecule has 0 aliphatic rings. The van der Waals surface area contributed by atoms with Gasteiger partial charge in [0.25, 0.3) is 0 Å². The van der Waals surface area contributed by atoms with Gasteiger partial charge in [-0.1, -0.05) is 17.7 Å². The smallest absolute Gasteiger partial charge is 0.319 e. The summed E-state index contributed by atoms with van der Waals surface area (Å²) < 4.78 is 10.9. The predicted octanol–water partition coefficient (Wildman–Crippen LogP) is 4.41. The molecule has 1 aromatic heterocycles. The minimum Gasteiger partial charge on any atom is -0.495 e. The number of methoxy groups -OCH3 is 1. The summed E-state index contributed by atoms with van der Waals surface area (Å²) in [5.74, 6) is 1.23. The molecule has 1 heterocycles. The summed E-state index contributed by atoms with van der Waals surface area (Å²) in [5.41, 5.74) is 2.32. The van der Waals surface area contributed by atoms with Crippen LogP contribution in [0, 0.1) is 6.92 Å². The van der Waals surface area contributed by atoms with Crippen molar-refractivity contribution in [2.45, 2.75) is 6.92 Å². The first-order chi connectivity index (χ1) is 13.1. The van der Waals surface area contributed by atoms with Crippen LogP contribution in [0.25, 0.3) is 10.9 Å². The normalized spacial score (nSPS) is 10.5. The number of aromatic nitrogens is 1. The molecule has 0 aliphatic carbocycles. The number of rotatable bonds is 6. The van der Waals surface area contributed by atoms with Gasteiger partial charge in [-0.15, -0.1) is 0 Å². The molecule has 3 rings (SSSR count). The molecule has 7 heteroatoms. The monoisotopic (exact) mass is 385 g/mol. The molecule has 2 aromatic carbocycles. The molecule has 3 aromatic rings. The Kier molecular flexibility index (Phi) is 5.98. The third-order valence-corrected chi connectivity index (χ3v) is 4.37. The molecule has 0 radical (unpaired) electrons. The number of nitrogens with zero attached hydrogens (tertiary/aromatic N) is 1. The van der Waals surface area contributed by atoms with Crippen molar-refractivity contribution in [1.82, 2.24) is 10.3 Å². The highest BCUT2D eigenvalue weighted by Crippen LogP contribution is 2.30. The number of aryl methyl sites for hydroxylation is 1. The summed E-state index contributed by atoms with van der Waals surface area (Å²) >= 11 is 6.07. The van der Waals surface area contributed by atoms with Gasteiger partial charge in [0.2, 0.25) is 0 Å². The lowest BCUT2D eigenvalue weighted by Crippen LogP contribution is -2.32. The van der Waals surface area contributed by atoms with Crippen LogP contribution in [0.5, 0.6) is 11.5 Å². The second-order valence-electron chi connectivity index (χ2n) is 5.89. The first-order valence-corrected chi connectivity index (χ1v) is 8.81. The number of carbonyl (C=O) groups is 1. The third-order valence-electron chi connectivity index (χ3n) is 3.96. The number of fused-ring (bicyclic) bond motifs is 1. The Balaban J connectivity index is 1.50. The van der Waals surface area contributed by atoms with Gasteiger partial charge in [-0.25, -0.2) is 4.79 Å². The third kappa shape index (κ3) is 4.80. The lowest BCUT2D eigenvalue weighted by atomic mass is 10.2. The number of amides is 2. The van der Waals surface area contributed by atoms with Gasteiger partial charge < -0.3 is 20.1 Å². The van der Waals surface area contributed by atoms with Gasteiger partial charge in [0, 0.05) is 22.7 Å². The molecular weight excluding hydrogens is 366 g/mol. The van der Waals surface area contributed by atoms with E-state index in [0.29, 0.717) is 29.6 Å². The Hall–Kier alpha value is -2.99. The molecule has 0 saturated heterocycles. The van der Waals surface area contributed by atoms with Crippen molar-refractivity contribution in [2.75, 3.05) is 25.6 Å². The van der Waals surface area contributed by atoms with Crippen LogP contribution in [0.4, 0.5) is 10.5 Å². The van der Waals surface area contributed by atoms with Crippen molar-refractivity contribution in [3.8, 4) is 11.5 Å². The number of halogens is 1.